The highest BCUT2D eigenvalue weighted by atomic mass is 16.5. The summed E-state index contributed by atoms with van der Waals surface area (Å²) in [6.07, 6.45) is 5.56. The van der Waals surface area contributed by atoms with Gasteiger partial charge in [0.15, 0.2) is 0 Å². The Kier molecular flexibility index (Phi) is 3.07. The third-order valence-electron chi connectivity index (χ3n) is 4.84. The molecule has 3 unspecified atom stereocenters. The number of phenols is 1. The van der Waals surface area contributed by atoms with Crippen LogP contribution in [0.5, 0.6) is 11.5 Å². The van der Waals surface area contributed by atoms with Crippen LogP contribution in [0.15, 0.2) is 54.6 Å². The molecule has 3 nitrogen and oxygen atoms in total. The van der Waals surface area contributed by atoms with Gasteiger partial charge in [-0.05, 0) is 42.2 Å². The van der Waals surface area contributed by atoms with E-state index < -0.39 is 0 Å². The van der Waals surface area contributed by atoms with E-state index >= 15 is 0 Å². The molecule has 0 fully saturated rings. The number of aromatic hydroxyl groups is 1. The lowest BCUT2D eigenvalue weighted by Gasteiger charge is -2.37. The molecule has 0 saturated carbocycles. The molecule has 22 heavy (non-hydrogen) atoms. The normalized spacial score (nSPS) is 25.2. The van der Waals surface area contributed by atoms with E-state index in [-0.39, 0.29) is 6.04 Å². The number of hydrogen-bond donors (Lipinski definition) is 2. The van der Waals surface area contributed by atoms with E-state index in [0.717, 1.165) is 23.4 Å². The van der Waals surface area contributed by atoms with Crippen molar-refractivity contribution in [3.8, 4) is 11.5 Å². The van der Waals surface area contributed by atoms with Gasteiger partial charge in [-0.2, -0.15) is 0 Å². The predicted octanol–water partition coefficient (Wildman–Crippen LogP) is 4.23. The molecule has 0 bridgehead atoms. The highest BCUT2D eigenvalue weighted by Gasteiger charge is 2.38. The Hall–Kier alpha value is -2.42. The summed E-state index contributed by atoms with van der Waals surface area (Å²) in [5, 5.41) is 13.9. The van der Waals surface area contributed by atoms with Crippen LogP contribution in [0.1, 0.15) is 29.5 Å². The SMILES string of the molecule is COc1ccc2c(c1)C1C=CCC1C(c1ccccc1O)N2. The average molecular weight is 293 g/mol. The minimum atomic E-state index is 0.127. The number of allylic oxidation sites excluding steroid dienone is 2. The van der Waals surface area contributed by atoms with Gasteiger partial charge in [0.25, 0.3) is 0 Å². The maximum Gasteiger partial charge on any atom is 0.120 e. The Labute approximate surface area is 130 Å². The molecule has 112 valence electrons. The monoisotopic (exact) mass is 293 g/mol. The first-order valence-corrected chi connectivity index (χ1v) is 7.67. The summed E-state index contributed by atoms with van der Waals surface area (Å²) in [6, 6.07) is 13.9. The summed E-state index contributed by atoms with van der Waals surface area (Å²) in [4.78, 5) is 0. The molecule has 2 aromatic rings. The van der Waals surface area contributed by atoms with E-state index in [4.69, 9.17) is 4.74 Å². The number of methoxy groups -OCH3 is 1. The summed E-state index contributed by atoms with van der Waals surface area (Å²) in [6.45, 7) is 0. The van der Waals surface area contributed by atoms with Crippen molar-refractivity contribution in [2.45, 2.75) is 18.4 Å². The zero-order valence-electron chi connectivity index (χ0n) is 12.5. The maximum atomic E-state index is 10.2. The lowest BCUT2D eigenvalue weighted by Crippen LogP contribution is -2.29. The van der Waals surface area contributed by atoms with Crippen molar-refractivity contribution in [2.24, 2.45) is 5.92 Å². The molecule has 2 aromatic carbocycles. The molecule has 1 heterocycles. The van der Waals surface area contributed by atoms with E-state index in [0.29, 0.717) is 17.6 Å². The van der Waals surface area contributed by atoms with Gasteiger partial charge in [-0.3, -0.25) is 0 Å². The van der Waals surface area contributed by atoms with Crippen LogP contribution in [-0.4, -0.2) is 12.2 Å². The smallest absolute Gasteiger partial charge is 0.120 e. The van der Waals surface area contributed by atoms with Crippen LogP contribution in [0.3, 0.4) is 0 Å². The lowest BCUT2D eigenvalue weighted by molar-refractivity contribution is 0.395. The molecule has 0 amide bonds. The number of fused-ring (bicyclic) bond motifs is 3. The summed E-state index contributed by atoms with van der Waals surface area (Å²) in [7, 11) is 1.70. The molecule has 2 N–H and O–H groups in total. The number of para-hydroxylation sites is 1. The second-order valence-electron chi connectivity index (χ2n) is 5.99. The topological polar surface area (TPSA) is 41.5 Å². The minimum absolute atomic E-state index is 0.127. The molecule has 1 aliphatic carbocycles. The molecule has 3 atom stereocenters. The number of hydrogen-bond acceptors (Lipinski definition) is 3. The number of rotatable bonds is 2. The quantitative estimate of drug-likeness (QED) is 0.814. The average Bonchev–Trinajstić information content (AvgIpc) is 3.04. The zero-order chi connectivity index (χ0) is 15.1. The lowest BCUT2D eigenvalue weighted by atomic mass is 9.77. The molecule has 0 radical (unpaired) electrons. The summed E-state index contributed by atoms with van der Waals surface area (Å²) >= 11 is 0. The van der Waals surface area contributed by atoms with Crippen molar-refractivity contribution in [3.05, 3.63) is 65.7 Å². The van der Waals surface area contributed by atoms with Gasteiger partial charge in [0.2, 0.25) is 0 Å². The van der Waals surface area contributed by atoms with Crippen molar-refractivity contribution < 1.29 is 9.84 Å². The van der Waals surface area contributed by atoms with Crippen molar-refractivity contribution in [1.82, 2.24) is 0 Å². The highest BCUT2D eigenvalue weighted by Crippen LogP contribution is 2.51. The van der Waals surface area contributed by atoms with Crippen LogP contribution in [-0.2, 0) is 0 Å². The number of anilines is 1. The second-order valence-corrected chi connectivity index (χ2v) is 5.99. The van der Waals surface area contributed by atoms with Crippen LogP contribution in [0, 0.1) is 5.92 Å². The van der Waals surface area contributed by atoms with Crippen molar-refractivity contribution in [1.29, 1.82) is 0 Å². The summed E-state index contributed by atoms with van der Waals surface area (Å²) in [5.41, 5.74) is 3.38. The first kappa shape index (κ1) is 13.3. The molecule has 3 heteroatoms. The molecule has 2 aliphatic rings. The van der Waals surface area contributed by atoms with Gasteiger partial charge in [0, 0.05) is 17.2 Å². The van der Waals surface area contributed by atoms with Gasteiger partial charge in [-0.1, -0.05) is 30.4 Å². The van der Waals surface area contributed by atoms with Crippen molar-refractivity contribution in [3.63, 3.8) is 0 Å². The molecule has 1 aliphatic heterocycles. The third-order valence-corrected chi connectivity index (χ3v) is 4.84. The highest BCUT2D eigenvalue weighted by molar-refractivity contribution is 5.62. The van der Waals surface area contributed by atoms with Crippen LogP contribution in [0.4, 0.5) is 5.69 Å². The Morgan fingerprint density at radius 1 is 1.14 bits per heavy atom. The second kappa shape index (κ2) is 5.09. The molecule has 0 aromatic heterocycles. The van der Waals surface area contributed by atoms with E-state index in [1.807, 2.05) is 24.3 Å². The van der Waals surface area contributed by atoms with Crippen molar-refractivity contribution >= 4 is 5.69 Å². The zero-order valence-corrected chi connectivity index (χ0v) is 12.5. The predicted molar refractivity (Wildman–Crippen MR) is 87.5 cm³/mol. The Morgan fingerprint density at radius 2 is 2.00 bits per heavy atom. The number of ether oxygens (including phenoxy) is 1. The Balaban J connectivity index is 1.80. The fourth-order valence-electron chi connectivity index (χ4n) is 3.76. The van der Waals surface area contributed by atoms with E-state index in [1.54, 1.807) is 13.2 Å². The largest absolute Gasteiger partial charge is 0.508 e. The first-order valence-electron chi connectivity index (χ1n) is 7.67. The molecule has 0 spiro atoms. The molecule has 0 saturated heterocycles. The van der Waals surface area contributed by atoms with Crippen LogP contribution in [0.2, 0.25) is 0 Å². The van der Waals surface area contributed by atoms with Crippen LogP contribution < -0.4 is 10.1 Å². The standard InChI is InChI=1S/C19H19NO2/c1-22-12-9-10-17-16(11-12)13-6-4-7-14(13)19(20-17)15-5-2-3-8-18(15)21/h2-6,8-11,13-14,19-21H,7H2,1H3. The summed E-state index contributed by atoms with van der Waals surface area (Å²) < 4.78 is 5.37. The molecular formula is C19H19NO2. The summed E-state index contributed by atoms with van der Waals surface area (Å²) in [5.74, 6) is 2.05. The van der Waals surface area contributed by atoms with Gasteiger partial charge in [-0.25, -0.2) is 0 Å². The van der Waals surface area contributed by atoms with E-state index in [2.05, 4.69) is 29.6 Å². The van der Waals surface area contributed by atoms with Gasteiger partial charge in [-0.15, -0.1) is 0 Å². The Morgan fingerprint density at radius 3 is 2.82 bits per heavy atom. The van der Waals surface area contributed by atoms with Gasteiger partial charge in [0.05, 0.1) is 13.2 Å². The Bertz CT molecular complexity index is 738. The maximum absolute atomic E-state index is 10.2. The van der Waals surface area contributed by atoms with Gasteiger partial charge >= 0.3 is 0 Å². The fourth-order valence-corrected chi connectivity index (χ4v) is 3.76. The van der Waals surface area contributed by atoms with Crippen molar-refractivity contribution in [2.75, 3.05) is 12.4 Å². The first-order chi connectivity index (χ1) is 10.8. The van der Waals surface area contributed by atoms with Gasteiger partial charge < -0.3 is 15.2 Å². The fraction of sp³-hybridized carbons (Fsp3) is 0.263. The third kappa shape index (κ3) is 1.97. The minimum Gasteiger partial charge on any atom is -0.508 e. The number of nitrogens with one attached hydrogen (secondary N) is 1. The molecular weight excluding hydrogens is 274 g/mol. The van der Waals surface area contributed by atoms with E-state index in [1.165, 1.54) is 5.56 Å². The molecule has 4 rings (SSSR count). The van der Waals surface area contributed by atoms with Crippen LogP contribution >= 0.6 is 0 Å². The van der Waals surface area contributed by atoms with Crippen LogP contribution in [0.25, 0.3) is 0 Å². The van der Waals surface area contributed by atoms with Gasteiger partial charge in [0.1, 0.15) is 11.5 Å². The number of benzene rings is 2. The van der Waals surface area contributed by atoms with E-state index in [9.17, 15) is 5.11 Å². The number of phenolic OH excluding ortho intramolecular Hbond substituents is 1.